The van der Waals surface area contributed by atoms with Crippen molar-refractivity contribution >= 4 is 5.91 Å². The Balaban J connectivity index is 2.77. The number of carbonyl (C=O) groups excluding carboxylic acids is 1. The quantitative estimate of drug-likeness (QED) is 0.796. The molecule has 0 bridgehead atoms. The summed E-state index contributed by atoms with van der Waals surface area (Å²) < 4.78 is 5.59. The van der Waals surface area contributed by atoms with Crippen LogP contribution in [-0.4, -0.2) is 42.1 Å². The number of carbonyl (C=O) groups is 1. The van der Waals surface area contributed by atoms with Crippen molar-refractivity contribution < 1.29 is 9.53 Å². The fourth-order valence-electron chi connectivity index (χ4n) is 2.00. The Morgan fingerprint density at radius 3 is 2.59 bits per heavy atom. The van der Waals surface area contributed by atoms with Crippen LogP contribution in [0, 0.1) is 5.41 Å². The molecule has 0 aromatic carbocycles. The summed E-state index contributed by atoms with van der Waals surface area (Å²) in [5.41, 5.74) is 5.86. The fourth-order valence-corrected chi connectivity index (χ4v) is 2.00. The molecule has 1 amide bonds. The molecule has 3 atom stereocenters. The van der Waals surface area contributed by atoms with Crippen LogP contribution in [0.4, 0.5) is 0 Å². The van der Waals surface area contributed by atoms with Gasteiger partial charge in [0, 0.05) is 6.54 Å². The Labute approximate surface area is 104 Å². The first-order chi connectivity index (χ1) is 7.77. The molecule has 4 nitrogen and oxygen atoms in total. The first-order valence-electron chi connectivity index (χ1n) is 6.45. The van der Waals surface area contributed by atoms with E-state index in [-0.39, 0.29) is 23.5 Å². The highest BCUT2D eigenvalue weighted by Crippen LogP contribution is 2.22. The second-order valence-corrected chi connectivity index (χ2v) is 6.04. The number of ether oxygens (including phenoxy) is 1. The summed E-state index contributed by atoms with van der Waals surface area (Å²) in [7, 11) is 0. The van der Waals surface area contributed by atoms with Crippen molar-refractivity contribution in [1.29, 1.82) is 0 Å². The topological polar surface area (TPSA) is 55.6 Å². The number of rotatable bonds is 2. The molecular weight excluding hydrogens is 216 g/mol. The molecule has 1 fully saturated rings. The van der Waals surface area contributed by atoms with E-state index in [1.165, 1.54) is 0 Å². The van der Waals surface area contributed by atoms with Gasteiger partial charge in [0.05, 0.1) is 24.8 Å². The summed E-state index contributed by atoms with van der Waals surface area (Å²) in [5, 5.41) is 0. The van der Waals surface area contributed by atoms with E-state index in [4.69, 9.17) is 10.5 Å². The summed E-state index contributed by atoms with van der Waals surface area (Å²) in [5.74, 6) is 0.0551. The Kier molecular flexibility index (Phi) is 4.55. The molecule has 1 aliphatic heterocycles. The number of morpholine rings is 1. The minimum atomic E-state index is -0.443. The molecule has 3 unspecified atom stereocenters. The van der Waals surface area contributed by atoms with E-state index in [0.29, 0.717) is 13.2 Å². The maximum Gasteiger partial charge on any atom is 0.240 e. The molecule has 0 spiro atoms. The van der Waals surface area contributed by atoms with Crippen molar-refractivity contribution in [3.05, 3.63) is 0 Å². The van der Waals surface area contributed by atoms with Crippen LogP contribution in [0.25, 0.3) is 0 Å². The monoisotopic (exact) mass is 242 g/mol. The van der Waals surface area contributed by atoms with Gasteiger partial charge >= 0.3 is 0 Å². The molecule has 1 heterocycles. The fraction of sp³-hybridized carbons (Fsp3) is 0.923. The third-order valence-corrected chi connectivity index (χ3v) is 3.42. The van der Waals surface area contributed by atoms with E-state index in [1.54, 1.807) is 0 Å². The van der Waals surface area contributed by atoms with Crippen LogP contribution in [0.15, 0.2) is 0 Å². The zero-order valence-corrected chi connectivity index (χ0v) is 11.7. The van der Waals surface area contributed by atoms with Gasteiger partial charge in [-0.15, -0.1) is 0 Å². The van der Waals surface area contributed by atoms with Gasteiger partial charge in [0.15, 0.2) is 0 Å². The van der Waals surface area contributed by atoms with Crippen molar-refractivity contribution in [2.45, 2.75) is 59.2 Å². The highest BCUT2D eigenvalue weighted by molar-refractivity contribution is 5.82. The van der Waals surface area contributed by atoms with Crippen molar-refractivity contribution in [2.75, 3.05) is 13.2 Å². The average molecular weight is 242 g/mol. The molecule has 0 saturated carbocycles. The second kappa shape index (κ2) is 5.36. The van der Waals surface area contributed by atoms with Gasteiger partial charge in [0.25, 0.3) is 0 Å². The van der Waals surface area contributed by atoms with Crippen LogP contribution in [-0.2, 0) is 9.53 Å². The van der Waals surface area contributed by atoms with Crippen molar-refractivity contribution in [2.24, 2.45) is 11.1 Å². The largest absolute Gasteiger partial charge is 0.375 e. The summed E-state index contributed by atoms with van der Waals surface area (Å²) >= 11 is 0. The lowest BCUT2D eigenvalue weighted by Gasteiger charge is -2.41. The Morgan fingerprint density at radius 2 is 2.12 bits per heavy atom. The zero-order valence-electron chi connectivity index (χ0n) is 11.7. The van der Waals surface area contributed by atoms with Gasteiger partial charge in [-0.3, -0.25) is 4.79 Å². The number of amides is 1. The molecule has 1 saturated heterocycles. The van der Waals surface area contributed by atoms with E-state index >= 15 is 0 Å². The molecular formula is C13H26N2O2. The van der Waals surface area contributed by atoms with E-state index in [1.807, 2.05) is 32.6 Å². The minimum Gasteiger partial charge on any atom is -0.375 e. The lowest BCUT2D eigenvalue weighted by atomic mass is 9.86. The van der Waals surface area contributed by atoms with Gasteiger partial charge in [0.1, 0.15) is 0 Å². The van der Waals surface area contributed by atoms with Crippen LogP contribution in [0.1, 0.15) is 41.0 Å². The van der Waals surface area contributed by atoms with E-state index in [0.717, 1.165) is 6.42 Å². The van der Waals surface area contributed by atoms with Gasteiger partial charge in [-0.25, -0.2) is 0 Å². The van der Waals surface area contributed by atoms with Crippen LogP contribution in [0.3, 0.4) is 0 Å². The maximum atomic E-state index is 12.4. The Hall–Kier alpha value is -0.610. The summed E-state index contributed by atoms with van der Waals surface area (Å²) in [6.07, 6.45) is 1.02. The van der Waals surface area contributed by atoms with E-state index < -0.39 is 6.04 Å². The molecule has 0 radical (unpaired) electrons. The van der Waals surface area contributed by atoms with E-state index in [2.05, 4.69) is 6.92 Å². The number of nitrogens with zero attached hydrogens (tertiary/aromatic N) is 1. The van der Waals surface area contributed by atoms with Crippen molar-refractivity contribution in [3.8, 4) is 0 Å². The number of hydrogen-bond donors (Lipinski definition) is 1. The third-order valence-electron chi connectivity index (χ3n) is 3.42. The Morgan fingerprint density at radius 1 is 1.53 bits per heavy atom. The average Bonchev–Trinajstić information content (AvgIpc) is 2.25. The summed E-state index contributed by atoms with van der Waals surface area (Å²) in [6, 6.07) is -0.269. The molecule has 100 valence electrons. The lowest BCUT2D eigenvalue weighted by molar-refractivity contribution is -0.148. The first kappa shape index (κ1) is 14.5. The standard InChI is InChI=1S/C13H26N2O2/c1-6-10-8-17-9(2)7-15(10)12(16)11(14)13(3,4)5/h9-11H,6-8,14H2,1-5H3. The third kappa shape index (κ3) is 3.42. The number of nitrogens with two attached hydrogens (primary N) is 1. The van der Waals surface area contributed by atoms with Crippen molar-refractivity contribution in [1.82, 2.24) is 4.90 Å². The molecule has 2 N–H and O–H groups in total. The molecule has 17 heavy (non-hydrogen) atoms. The highest BCUT2D eigenvalue weighted by Gasteiger charge is 2.36. The number of hydrogen-bond acceptors (Lipinski definition) is 3. The minimum absolute atomic E-state index is 0.0551. The first-order valence-corrected chi connectivity index (χ1v) is 6.45. The zero-order chi connectivity index (χ0) is 13.2. The molecule has 0 aromatic heterocycles. The SMILES string of the molecule is CCC1COC(C)CN1C(=O)C(N)C(C)(C)C. The van der Waals surface area contributed by atoms with Crippen LogP contribution >= 0.6 is 0 Å². The van der Waals surface area contributed by atoms with E-state index in [9.17, 15) is 4.79 Å². The van der Waals surface area contributed by atoms with Crippen LogP contribution < -0.4 is 5.73 Å². The second-order valence-electron chi connectivity index (χ2n) is 6.04. The Bertz CT molecular complexity index is 273. The maximum absolute atomic E-state index is 12.4. The van der Waals surface area contributed by atoms with Crippen molar-refractivity contribution in [3.63, 3.8) is 0 Å². The summed E-state index contributed by atoms with van der Waals surface area (Å²) in [6.45, 7) is 11.4. The normalized spacial score (nSPS) is 28.0. The molecule has 1 rings (SSSR count). The smallest absolute Gasteiger partial charge is 0.240 e. The van der Waals surface area contributed by atoms with Crippen LogP contribution in [0.5, 0.6) is 0 Å². The molecule has 1 aliphatic rings. The van der Waals surface area contributed by atoms with Gasteiger partial charge in [0.2, 0.25) is 5.91 Å². The van der Waals surface area contributed by atoms with Crippen LogP contribution in [0.2, 0.25) is 0 Å². The molecule has 0 aromatic rings. The predicted molar refractivity (Wildman–Crippen MR) is 68.6 cm³/mol. The lowest BCUT2D eigenvalue weighted by Crippen LogP contribution is -2.58. The summed E-state index contributed by atoms with van der Waals surface area (Å²) in [4.78, 5) is 14.3. The highest BCUT2D eigenvalue weighted by atomic mass is 16.5. The van der Waals surface area contributed by atoms with Gasteiger partial charge in [-0.05, 0) is 18.8 Å². The van der Waals surface area contributed by atoms with Gasteiger partial charge < -0.3 is 15.4 Å². The molecule has 0 aliphatic carbocycles. The van der Waals surface area contributed by atoms with Gasteiger partial charge in [-0.2, -0.15) is 0 Å². The predicted octanol–water partition coefficient (Wildman–Crippen LogP) is 1.39. The molecule has 4 heteroatoms. The van der Waals surface area contributed by atoms with Gasteiger partial charge in [-0.1, -0.05) is 27.7 Å².